The van der Waals surface area contributed by atoms with Gasteiger partial charge in [0.15, 0.2) is 0 Å². The Morgan fingerprint density at radius 2 is 2.12 bits per heavy atom. The van der Waals surface area contributed by atoms with E-state index in [1.165, 1.54) is 0 Å². The number of aromatic nitrogens is 2. The third-order valence-electron chi connectivity index (χ3n) is 2.85. The molecule has 4 N–H and O–H groups in total. The molecular weight excluding hydrogens is 216 g/mol. The maximum absolute atomic E-state index is 11.9. The number of carbonyl (C=O) groups is 1. The summed E-state index contributed by atoms with van der Waals surface area (Å²) in [6.45, 7) is 4.65. The number of hydrogen-bond acceptors (Lipinski definition) is 3. The lowest BCUT2D eigenvalue weighted by Crippen LogP contribution is -2.30. The average Bonchev–Trinajstić information content (AvgIpc) is 2.71. The molecule has 1 aromatic rings. The summed E-state index contributed by atoms with van der Waals surface area (Å²) in [7, 11) is 0. The van der Waals surface area contributed by atoms with Gasteiger partial charge in [-0.05, 0) is 12.8 Å². The van der Waals surface area contributed by atoms with Crippen LogP contribution in [0.2, 0.25) is 0 Å². The van der Waals surface area contributed by atoms with Crippen LogP contribution in [0.15, 0.2) is 6.20 Å². The van der Waals surface area contributed by atoms with E-state index < -0.39 is 0 Å². The normalized spacial score (nSPS) is 10.8. The predicted molar refractivity (Wildman–Crippen MR) is 68.2 cm³/mol. The molecule has 0 aliphatic carbocycles. The van der Waals surface area contributed by atoms with Crippen LogP contribution in [0, 0.1) is 5.92 Å². The highest BCUT2D eigenvalue weighted by Gasteiger charge is 2.16. The molecule has 0 aliphatic heterocycles. The van der Waals surface area contributed by atoms with Crippen LogP contribution >= 0.6 is 0 Å². The molecule has 17 heavy (non-hydrogen) atoms. The fraction of sp³-hybridized carbons (Fsp3) is 0.667. The van der Waals surface area contributed by atoms with Gasteiger partial charge in [0, 0.05) is 18.0 Å². The second kappa shape index (κ2) is 6.93. The monoisotopic (exact) mass is 238 g/mol. The van der Waals surface area contributed by atoms with Crippen molar-refractivity contribution in [3.63, 3.8) is 0 Å². The van der Waals surface area contributed by atoms with E-state index in [2.05, 4.69) is 29.4 Å². The zero-order valence-corrected chi connectivity index (χ0v) is 10.6. The summed E-state index contributed by atoms with van der Waals surface area (Å²) in [4.78, 5) is 11.9. The molecule has 1 heterocycles. The summed E-state index contributed by atoms with van der Waals surface area (Å²) in [5.74, 6) is 0.764. The number of aromatic amines is 1. The van der Waals surface area contributed by atoms with Crippen molar-refractivity contribution in [2.24, 2.45) is 5.92 Å². The van der Waals surface area contributed by atoms with Crippen LogP contribution in [0.1, 0.15) is 45.1 Å². The van der Waals surface area contributed by atoms with Crippen LogP contribution in [0.3, 0.4) is 0 Å². The smallest absolute Gasteiger partial charge is 0.223 e. The van der Waals surface area contributed by atoms with E-state index in [1.54, 1.807) is 6.20 Å². The number of amides is 1. The first kappa shape index (κ1) is 13.5. The zero-order valence-electron chi connectivity index (χ0n) is 10.6. The minimum Gasteiger partial charge on any atom is -0.384 e. The number of nitrogens with two attached hydrogens (primary N) is 1. The lowest BCUT2D eigenvalue weighted by atomic mass is 9.97. The molecule has 0 atom stereocenters. The Balaban J connectivity index is 2.44. The molecule has 0 saturated carbocycles. The minimum atomic E-state index is 0.120. The zero-order chi connectivity index (χ0) is 12.7. The van der Waals surface area contributed by atoms with E-state index in [0.29, 0.717) is 12.4 Å². The first-order valence-corrected chi connectivity index (χ1v) is 6.24. The molecule has 0 unspecified atom stereocenters. The van der Waals surface area contributed by atoms with Crippen molar-refractivity contribution in [1.29, 1.82) is 0 Å². The van der Waals surface area contributed by atoms with Crippen LogP contribution < -0.4 is 11.1 Å². The van der Waals surface area contributed by atoms with Gasteiger partial charge >= 0.3 is 0 Å². The summed E-state index contributed by atoms with van der Waals surface area (Å²) in [5.41, 5.74) is 6.49. The second-order valence-electron chi connectivity index (χ2n) is 4.30. The van der Waals surface area contributed by atoms with Gasteiger partial charge in [-0.15, -0.1) is 0 Å². The van der Waals surface area contributed by atoms with Gasteiger partial charge in [-0.2, -0.15) is 5.10 Å². The Bertz CT molecular complexity index is 342. The molecule has 0 spiro atoms. The lowest BCUT2D eigenvalue weighted by Gasteiger charge is -2.14. The topological polar surface area (TPSA) is 83.8 Å². The maximum Gasteiger partial charge on any atom is 0.223 e. The molecule has 0 fully saturated rings. The van der Waals surface area contributed by atoms with E-state index in [1.807, 2.05) is 0 Å². The van der Waals surface area contributed by atoms with Crippen molar-refractivity contribution < 1.29 is 4.79 Å². The Labute approximate surface area is 102 Å². The molecule has 1 amide bonds. The number of hydrogen-bond donors (Lipinski definition) is 3. The average molecular weight is 238 g/mol. The Morgan fingerprint density at radius 1 is 1.47 bits per heavy atom. The Kier molecular flexibility index (Phi) is 5.52. The van der Waals surface area contributed by atoms with Crippen molar-refractivity contribution in [2.45, 2.75) is 46.1 Å². The van der Waals surface area contributed by atoms with E-state index in [-0.39, 0.29) is 11.8 Å². The summed E-state index contributed by atoms with van der Waals surface area (Å²) in [6, 6.07) is 0. The predicted octanol–water partition coefficient (Wildman–Crippen LogP) is 1.82. The fourth-order valence-corrected chi connectivity index (χ4v) is 1.89. The van der Waals surface area contributed by atoms with E-state index in [4.69, 9.17) is 5.73 Å². The van der Waals surface area contributed by atoms with Gasteiger partial charge in [-0.3, -0.25) is 9.89 Å². The quantitative estimate of drug-likeness (QED) is 0.677. The molecule has 1 rings (SSSR count). The largest absolute Gasteiger partial charge is 0.384 e. The molecule has 5 heteroatoms. The molecule has 96 valence electrons. The number of nitrogen functional groups attached to an aromatic ring is 1. The van der Waals surface area contributed by atoms with Crippen LogP contribution in [-0.2, 0) is 11.3 Å². The number of carbonyl (C=O) groups excluding carboxylic acids is 1. The van der Waals surface area contributed by atoms with E-state index in [0.717, 1.165) is 31.2 Å². The second-order valence-corrected chi connectivity index (χ2v) is 4.30. The molecule has 0 aromatic carbocycles. The fourth-order valence-electron chi connectivity index (χ4n) is 1.89. The van der Waals surface area contributed by atoms with Crippen molar-refractivity contribution in [3.05, 3.63) is 11.8 Å². The Hall–Kier alpha value is -1.52. The number of H-pyrrole nitrogens is 1. The van der Waals surface area contributed by atoms with Crippen LogP contribution in [0.4, 0.5) is 5.82 Å². The first-order valence-electron chi connectivity index (χ1n) is 6.24. The molecule has 1 aromatic heterocycles. The van der Waals surface area contributed by atoms with Crippen molar-refractivity contribution in [2.75, 3.05) is 5.73 Å². The van der Waals surface area contributed by atoms with Crippen molar-refractivity contribution in [3.8, 4) is 0 Å². The standard InChI is InChI=1S/C12H22N4O/c1-3-5-9(6-4-2)12(17)14-7-10-8-15-16-11(10)13/h8-9H,3-7H2,1-2H3,(H,14,17)(H3,13,15,16). The van der Waals surface area contributed by atoms with Gasteiger partial charge in [-0.1, -0.05) is 26.7 Å². The van der Waals surface area contributed by atoms with Crippen LogP contribution in [0.25, 0.3) is 0 Å². The number of nitrogens with one attached hydrogen (secondary N) is 2. The summed E-state index contributed by atoms with van der Waals surface area (Å²) in [6.07, 6.45) is 5.60. The van der Waals surface area contributed by atoms with Crippen LogP contribution in [-0.4, -0.2) is 16.1 Å². The molecule has 0 bridgehead atoms. The summed E-state index contributed by atoms with van der Waals surface area (Å²) < 4.78 is 0. The van der Waals surface area contributed by atoms with Gasteiger partial charge in [0.2, 0.25) is 5.91 Å². The third kappa shape index (κ3) is 4.09. The van der Waals surface area contributed by atoms with E-state index in [9.17, 15) is 4.79 Å². The third-order valence-corrected chi connectivity index (χ3v) is 2.85. The summed E-state index contributed by atoms with van der Waals surface area (Å²) >= 11 is 0. The van der Waals surface area contributed by atoms with Gasteiger partial charge in [0.05, 0.1) is 6.20 Å². The maximum atomic E-state index is 11.9. The molecular formula is C12H22N4O. The van der Waals surface area contributed by atoms with Gasteiger partial charge in [0.1, 0.15) is 5.82 Å². The molecule has 0 radical (unpaired) electrons. The highest BCUT2D eigenvalue weighted by molar-refractivity contribution is 5.78. The van der Waals surface area contributed by atoms with Crippen LogP contribution in [0.5, 0.6) is 0 Å². The first-order chi connectivity index (χ1) is 8.19. The highest BCUT2D eigenvalue weighted by atomic mass is 16.1. The lowest BCUT2D eigenvalue weighted by molar-refractivity contribution is -0.125. The van der Waals surface area contributed by atoms with Gasteiger partial charge in [-0.25, -0.2) is 0 Å². The number of rotatable bonds is 7. The van der Waals surface area contributed by atoms with Gasteiger partial charge in [0.25, 0.3) is 0 Å². The number of nitrogens with zero attached hydrogens (tertiary/aromatic N) is 1. The van der Waals surface area contributed by atoms with Crippen molar-refractivity contribution >= 4 is 11.7 Å². The minimum absolute atomic E-state index is 0.120. The summed E-state index contributed by atoms with van der Waals surface area (Å²) in [5, 5.41) is 9.38. The van der Waals surface area contributed by atoms with E-state index >= 15 is 0 Å². The van der Waals surface area contributed by atoms with Crippen molar-refractivity contribution in [1.82, 2.24) is 15.5 Å². The SMILES string of the molecule is CCCC(CCC)C(=O)NCc1cn[nH]c1N. The molecule has 0 saturated heterocycles. The number of anilines is 1. The highest BCUT2D eigenvalue weighted by Crippen LogP contribution is 2.14. The molecule has 5 nitrogen and oxygen atoms in total. The molecule has 0 aliphatic rings. The Morgan fingerprint density at radius 3 is 2.59 bits per heavy atom. The van der Waals surface area contributed by atoms with Gasteiger partial charge < -0.3 is 11.1 Å².